The molecule has 4 rings (SSSR count). The van der Waals surface area contributed by atoms with E-state index in [0.717, 1.165) is 28.1 Å². The van der Waals surface area contributed by atoms with Gasteiger partial charge in [-0.25, -0.2) is 9.78 Å². The third-order valence-electron chi connectivity index (χ3n) is 5.49. The molecule has 2 aromatic carbocycles. The van der Waals surface area contributed by atoms with E-state index in [9.17, 15) is 4.79 Å². The highest BCUT2D eigenvalue weighted by Gasteiger charge is 2.20. The van der Waals surface area contributed by atoms with E-state index >= 15 is 0 Å². The van der Waals surface area contributed by atoms with Gasteiger partial charge < -0.3 is 24.5 Å². The van der Waals surface area contributed by atoms with Crippen molar-refractivity contribution in [1.29, 1.82) is 0 Å². The minimum Gasteiger partial charge on any atom is -0.493 e. The fraction of sp³-hybridized carbons (Fsp3) is 0.240. The Bertz CT molecular complexity index is 1280. The van der Waals surface area contributed by atoms with Crippen LogP contribution in [0.25, 0.3) is 22.4 Å². The van der Waals surface area contributed by atoms with Crippen LogP contribution in [0.2, 0.25) is 0 Å². The molecule has 0 atom stereocenters. The van der Waals surface area contributed by atoms with Crippen LogP contribution >= 0.6 is 11.5 Å². The third-order valence-corrected chi connectivity index (χ3v) is 6.12. The van der Waals surface area contributed by atoms with Gasteiger partial charge in [0.2, 0.25) is 5.75 Å². The quantitative estimate of drug-likeness (QED) is 0.302. The summed E-state index contributed by atoms with van der Waals surface area (Å²) in [6.45, 7) is 0.431. The minimum absolute atomic E-state index is 0.373. The Morgan fingerprint density at radius 3 is 2.47 bits per heavy atom. The molecule has 10 nitrogen and oxygen atoms in total. The van der Waals surface area contributed by atoms with E-state index in [-0.39, 0.29) is 6.03 Å². The average molecular weight is 510 g/mol. The summed E-state index contributed by atoms with van der Waals surface area (Å²) in [6, 6.07) is 10.9. The topological polar surface area (TPSA) is 111 Å². The van der Waals surface area contributed by atoms with Crippen LogP contribution in [-0.2, 0) is 11.3 Å². The molecule has 0 fully saturated rings. The first-order chi connectivity index (χ1) is 17.6. The van der Waals surface area contributed by atoms with Gasteiger partial charge in [-0.1, -0.05) is 12.1 Å². The van der Waals surface area contributed by atoms with Gasteiger partial charge >= 0.3 is 6.03 Å². The molecule has 2 heterocycles. The van der Waals surface area contributed by atoms with Crippen molar-refractivity contribution in [3.8, 4) is 39.6 Å². The van der Waals surface area contributed by atoms with Crippen LogP contribution in [0, 0.1) is 0 Å². The number of carbonyl (C=O) groups excluding carboxylic acids is 1. The Balaban J connectivity index is 1.60. The van der Waals surface area contributed by atoms with Gasteiger partial charge in [0.05, 0.1) is 46.1 Å². The second-order valence-electron chi connectivity index (χ2n) is 7.58. The van der Waals surface area contributed by atoms with Crippen LogP contribution in [0.1, 0.15) is 5.69 Å². The first-order valence-electron chi connectivity index (χ1n) is 11.0. The van der Waals surface area contributed by atoms with E-state index in [1.165, 1.54) is 23.7 Å². The van der Waals surface area contributed by atoms with Gasteiger partial charge in [0, 0.05) is 41.4 Å². The number of amides is 2. The molecule has 0 radical (unpaired) electrons. The number of carbonyl (C=O) groups is 1. The zero-order valence-electron chi connectivity index (χ0n) is 20.4. The second kappa shape index (κ2) is 11.6. The molecular weight excluding hydrogens is 482 g/mol. The van der Waals surface area contributed by atoms with Crippen molar-refractivity contribution in [3.05, 3.63) is 60.0 Å². The lowest BCUT2D eigenvalue weighted by Crippen LogP contribution is -2.40. The Morgan fingerprint density at radius 2 is 1.83 bits per heavy atom. The summed E-state index contributed by atoms with van der Waals surface area (Å²) < 4.78 is 21.1. The number of aromatic amines is 1. The molecule has 36 heavy (non-hydrogen) atoms. The molecule has 0 aliphatic carbocycles. The fourth-order valence-corrected chi connectivity index (χ4v) is 4.49. The summed E-state index contributed by atoms with van der Waals surface area (Å²) in [4.78, 5) is 25.2. The van der Waals surface area contributed by atoms with Crippen molar-refractivity contribution in [3.63, 3.8) is 0 Å². The molecule has 4 aromatic rings. The molecule has 0 saturated heterocycles. The highest BCUT2D eigenvalue weighted by Crippen LogP contribution is 2.43. The van der Waals surface area contributed by atoms with Crippen LogP contribution < -0.4 is 24.6 Å². The number of hydroxylamine groups is 1. The Morgan fingerprint density at radius 1 is 1.06 bits per heavy atom. The van der Waals surface area contributed by atoms with Gasteiger partial charge in [0.25, 0.3) is 0 Å². The molecule has 2 amide bonds. The normalized spacial score (nSPS) is 10.7. The van der Waals surface area contributed by atoms with Gasteiger partial charge in [-0.3, -0.25) is 4.84 Å². The summed E-state index contributed by atoms with van der Waals surface area (Å²) in [5.41, 5.74) is 4.85. The van der Waals surface area contributed by atoms with Crippen molar-refractivity contribution >= 4 is 23.3 Å². The number of rotatable bonds is 10. The average Bonchev–Trinajstić information content (AvgIpc) is 3.61. The number of hydrogen-bond donors (Lipinski definition) is 2. The molecule has 2 N–H and O–H groups in total. The predicted molar refractivity (Wildman–Crippen MR) is 138 cm³/mol. The number of hydrogen-bond acceptors (Lipinski definition) is 8. The number of ether oxygens (including phenoxy) is 3. The molecule has 0 bridgehead atoms. The lowest BCUT2D eigenvalue weighted by molar-refractivity contribution is 0.163. The van der Waals surface area contributed by atoms with E-state index in [1.54, 1.807) is 39.9 Å². The van der Waals surface area contributed by atoms with Crippen LogP contribution in [0.5, 0.6) is 17.2 Å². The zero-order chi connectivity index (χ0) is 25.5. The lowest BCUT2D eigenvalue weighted by atomic mass is 10.0. The number of nitrogens with zero attached hydrogens (tertiary/aromatic N) is 3. The highest BCUT2D eigenvalue weighted by molar-refractivity contribution is 7.04. The number of nitrogens with one attached hydrogen (secondary N) is 2. The molecule has 0 aliphatic rings. The van der Waals surface area contributed by atoms with E-state index in [2.05, 4.69) is 19.7 Å². The Labute approximate surface area is 212 Å². The highest BCUT2D eigenvalue weighted by atomic mass is 32.1. The maximum Gasteiger partial charge on any atom is 0.346 e. The number of aromatic nitrogens is 3. The van der Waals surface area contributed by atoms with Gasteiger partial charge in [0.1, 0.15) is 0 Å². The summed E-state index contributed by atoms with van der Waals surface area (Å²) in [5.74, 6) is 1.59. The summed E-state index contributed by atoms with van der Waals surface area (Å²) >= 11 is 1.33. The number of imidazole rings is 1. The van der Waals surface area contributed by atoms with Crippen LogP contribution in [0.3, 0.4) is 0 Å². The number of H-pyrrole nitrogens is 1. The van der Waals surface area contributed by atoms with Crippen molar-refractivity contribution in [1.82, 2.24) is 19.7 Å². The van der Waals surface area contributed by atoms with E-state index < -0.39 is 0 Å². The molecule has 0 unspecified atom stereocenters. The molecule has 11 heteroatoms. The zero-order valence-corrected chi connectivity index (χ0v) is 21.2. The summed E-state index contributed by atoms with van der Waals surface area (Å²) in [7, 11) is 6.17. The lowest BCUT2D eigenvalue weighted by Gasteiger charge is -2.21. The summed E-state index contributed by atoms with van der Waals surface area (Å²) in [6.07, 6.45) is 3.96. The fourth-order valence-electron chi connectivity index (χ4n) is 3.77. The van der Waals surface area contributed by atoms with E-state index in [4.69, 9.17) is 19.0 Å². The largest absolute Gasteiger partial charge is 0.493 e. The maximum atomic E-state index is 12.8. The van der Waals surface area contributed by atoms with Crippen molar-refractivity contribution in [2.45, 2.75) is 6.42 Å². The maximum absolute atomic E-state index is 12.8. The number of anilines is 1. The standard InChI is InChI=1S/C25H27N5O5S/c1-32-21-11-17(12-22(33-2)24(21)34-3)23-20(14-36-29-23)16-6-5-7-19(10-16)30(35-4)25(31)27-9-8-18-13-26-15-28-18/h5-7,10-15H,8-9H2,1-4H3,(H,26,28)(H,27,31). The van der Waals surface area contributed by atoms with Gasteiger partial charge in [-0.05, 0) is 41.4 Å². The number of methoxy groups -OCH3 is 3. The third kappa shape index (κ3) is 5.26. The summed E-state index contributed by atoms with van der Waals surface area (Å²) in [5, 5.41) is 6.04. The van der Waals surface area contributed by atoms with Gasteiger partial charge in [-0.2, -0.15) is 9.44 Å². The van der Waals surface area contributed by atoms with E-state index in [0.29, 0.717) is 35.9 Å². The van der Waals surface area contributed by atoms with Crippen molar-refractivity contribution in [2.75, 3.05) is 40.0 Å². The molecule has 0 saturated carbocycles. The monoisotopic (exact) mass is 509 g/mol. The minimum atomic E-state index is -0.373. The van der Waals surface area contributed by atoms with Crippen LogP contribution in [0.4, 0.5) is 10.5 Å². The van der Waals surface area contributed by atoms with Gasteiger partial charge in [0.15, 0.2) is 11.5 Å². The van der Waals surface area contributed by atoms with Crippen molar-refractivity contribution in [2.24, 2.45) is 0 Å². The Kier molecular flexibility index (Phi) is 8.03. The van der Waals surface area contributed by atoms with Crippen LogP contribution in [-0.4, -0.2) is 55.4 Å². The molecule has 188 valence electrons. The first kappa shape index (κ1) is 25.0. The SMILES string of the molecule is COc1cc(-c2nscc2-c2cccc(N(OC)C(=O)NCCc3cnc[nH]3)c2)cc(OC)c1OC. The molecule has 0 spiro atoms. The smallest absolute Gasteiger partial charge is 0.346 e. The second-order valence-corrected chi connectivity index (χ2v) is 8.21. The first-order valence-corrected chi connectivity index (χ1v) is 11.9. The Hall–Kier alpha value is -4.09. The van der Waals surface area contributed by atoms with Gasteiger partial charge in [-0.15, -0.1) is 0 Å². The molecular formula is C25H27N5O5S. The van der Waals surface area contributed by atoms with E-state index in [1.807, 2.05) is 35.7 Å². The van der Waals surface area contributed by atoms with Crippen molar-refractivity contribution < 1.29 is 23.8 Å². The molecule has 0 aliphatic heterocycles. The number of benzene rings is 2. The number of urea groups is 1. The molecule has 2 aromatic heterocycles. The predicted octanol–water partition coefficient (Wildman–Crippen LogP) is 4.55. The van der Waals surface area contributed by atoms with Crippen LogP contribution in [0.15, 0.2) is 54.3 Å².